The number of ether oxygens (including phenoxy) is 1. The van der Waals surface area contributed by atoms with Crippen molar-refractivity contribution in [2.45, 2.75) is 71.9 Å². The van der Waals surface area contributed by atoms with Crippen LogP contribution in [-0.2, 0) is 19.1 Å². The van der Waals surface area contributed by atoms with Crippen molar-refractivity contribution in [1.82, 2.24) is 15.1 Å². The van der Waals surface area contributed by atoms with Gasteiger partial charge < -0.3 is 25.0 Å². The summed E-state index contributed by atoms with van der Waals surface area (Å²) in [4.78, 5) is 42.1. The van der Waals surface area contributed by atoms with Crippen molar-refractivity contribution in [3.63, 3.8) is 0 Å². The van der Waals surface area contributed by atoms with E-state index in [2.05, 4.69) is 33.0 Å². The molecular weight excluding hydrogens is 398 g/mol. The highest BCUT2D eigenvalue weighted by Gasteiger charge is 2.39. The molecule has 2 fully saturated rings. The second-order valence-electron chi connectivity index (χ2n) is 9.73. The third-order valence-corrected chi connectivity index (χ3v) is 6.12. The minimum Gasteiger partial charge on any atom is -0.463 e. The summed E-state index contributed by atoms with van der Waals surface area (Å²) in [7, 11) is 0. The number of aliphatic hydroxyl groups excluding tert-OH is 1. The van der Waals surface area contributed by atoms with Crippen molar-refractivity contribution >= 4 is 17.8 Å². The average Bonchev–Trinajstić information content (AvgIpc) is 2.72. The fourth-order valence-electron chi connectivity index (χ4n) is 4.55. The number of hydrogen-bond acceptors (Lipinski definition) is 6. The quantitative estimate of drug-likeness (QED) is 0.500. The maximum absolute atomic E-state index is 13.5. The molecule has 0 aromatic carbocycles. The van der Waals surface area contributed by atoms with Gasteiger partial charge in [0.1, 0.15) is 12.6 Å². The van der Waals surface area contributed by atoms with Crippen LogP contribution in [0.4, 0.5) is 0 Å². The molecule has 1 unspecified atom stereocenters. The van der Waals surface area contributed by atoms with Crippen LogP contribution >= 0.6 is 0 Å². The van der Waals surface area contributed by atoms with E-state index in [9.17, 15) is 14.4 Å². The fraction of sp³-hybridized carbons (Fsp3) is 0.870. The van der Waals surface area contributed by atoms with Crippen molar-refractivity contribution < 1.29 is 24.2 Å². The normalized spacial score (nSPS) is 21.6. The van der Waals surface area contributed by atoms with Gasteiger partial charge in [-0.15, -0.1) is 0 Å². The molecule has 2 N–H and O–H groups in total. The minimum atomic E-state index is -0.421. The summed E-state index contributed by atoms with van der Waals surface area (Å²) < 4.78 is 4.96. The number of amides is 2. The first-order chi connectivity index (χ1) is 14.7. The molecule has 0 bridgehead atoms. The lowest BCUT2D eigenvalue weighted by atomic mass is 9.92. The maximum Gasteiger partial charge on any atom is 0.306 e. The molecule has 8 nitrogen and oxygen atoms in total. The summed E-state index contributed by atoms with van der Waals surface area (Å²) in [5, 5.41) is 12.1. The Morgan fingerprint density at radius 1 is 1.13 bits per heavy atom. The zero-order valence-electron chi connectivity index (χ0n) is 19.6. The van der Waals surface area contributed by atoms with E-state index in [0.717, 1.165) is 19.3 Å². The Labute approximate surface area is 186 Å². The van der Waals surface area contributed by atoms with E-state index in [4.69, 9.17) is 9.84 Å². The van der Waals surface area contributed by atoms with Gasteiger partial charge in [-0.05, 0) is 43.4 Å². The zero-order valence-corrected chi connectivity index (χ0v) is 19.6. The molecule has 178 valence electrons. The van der Waals surface area contributed by atoms with Gasteiger partial charge >= 0.3 is 5.97 Å². The predicted octanol–water partition coefficient (Wildman–Crippen LogP) is 1.41. The monoisotopic (exact) mass is 439 g/mol. The molecule has 0 radical (unpaired) electrons. The third kappa shape index (κ3) is 7.75. The van der Waals surface area contributed by atoms with E-state index < -0.39 is 6.04 Å². The van der Waals surface area contributed by atoms with Gasteiger partial charge in [-0.1, -0.05) is 27.7 Å². The van der Waals surface area contributed by atoms with E-state index in [-0.39, 0.29) is 43.0 Å². The van der Waals surface area contributed by atoms with Crippen molar-refractivity contribution in [3.05, 3.63) is 0 Å². The van der Waals surface area contributed by atoms with Gasteiger partial charge in [0.05, 0.1) is 12.6 Å². The Kier molecular flexibility index (Phi) is 10.2. The summed E-state index contributed by atoms with van der Waals surface area (Å²) in [5.74, 6) is 0.686. The lowest BCUT2D eigenvalue weighted by Gasteiger charge is -2.42. The Morgan fingerprint density at radius 3 is 2.39 bits per heavy atom. The fourth-order valence-corrected chi connectivity index (χ4v) is 4.55. The number of nitrogens with one attached hydrogen (secondary N) is 1. The van der Waals surface area contributed by atoms with Gasteiger partial charge in [-0.2, -0.15) is 0 Å². The highest BCUT2D eigenvalue weighted by molar-refractivity contribution is 5.90. The smallest absolute Gasteiger partial charge is 0.306 e. The number of carbonyl (C=O) groups is 3. The first-order valence-electron chi connectivity index (χ1n) is 11.8. The SMILES string of the molecule is CC(C)CC(C(=O)N1CCC(CC(=O)OCCO)CC1)N1CCN[C@@H](CC(C)C)C1=O. The zero-order chi connectivity index (χ0) is 23.0. The second-order valence-corrected chi connectivity index (χ2v) is 9.73. The van der Waals surface area contributed by atoms with Crippen LogP contribution in [0.2, 0.25) is 0 Å². The Bertz CT molecular complexity index is 602. The van der Waals surface area contributed by atoms with Crippen molar-refractivity contribution in [3.8, 4) is 0 Å². The van der Waals surface area contributed by atoms with Crippen molar-refractivity contribution in [1.29, 1.82) is 0 Å². The van der Waals surface area contributed by atoms with E-state index in [1.54, 1.807) is 0 Å². The summed E-state index contributed by atoms with van der Waals surface area (Å²) in [6.45, 7) is 10.7. The molecule has 0 aromatic rings. The number of nitrogens with zero attached hydrogens (tertiary/aromatic N) is 2. The van der Waals surface area contributed by atoms with Crippen LogP contribution in [0.15, 0.2) is 0 Å². The molecular formula is C23H41N3O5. The average molecular weight is 440 g/mol. The van der Waals surface area contributed by atoms with Crippen molar-refractivity contribution in [2.24, 2.45) is 17.8 Å². The first kappa shape index (κ1) is 25.6. The molecule has 8 heteroatoms. The Hall–Kier alpha value is -1.67. The minimum absolute atomic E-state index is 0.0313. The molecule has 2 rings (SSSR count). The van der Waals surface area contributed by atoms with Crippen molar-refractivity contribution in [2.75, 3.05) is 39.4 Å². The lowest BCUT2D eigenvalue weighted by molar-refractivity contribution is -0.151. The highest BCUT2D eigenvalue weighted by Crippen LogP contribution is 2.25. The maximum atomic E-state index is 13.5. The highest BCUT2D eigenvalue weighted by atomic mass is 16.5. The van der Waals surface area contributed by atoms with Gasteiger partial charge in [0.15, 0.2) is 0 Å². The van der Waals surface area contributed by atoms with Crippen LogP contribution in [0.1, 0.15) is 59.8 Å². The number of likely N-dealkylation sites (tertiary alicyclic amines) is 1. The van der Waals surface area contributed by atoms with E-state index in [1.165, 1.54) is 0 Å². The van der Waals surface area contributed by atoms with Crippen LogP contribution < -0.4 is 5.32 Å². The molecule has 31 heavy (non-hydrogen) atoms. The Morgan fingerprint density at radius 2 is 1.81 bits per heavy atom. The third-order valence-electron chi connectivity index (χ3n) is 6.12. The number of carbonyl (C=O) groups excluding carboxylic acids is 3. The summed E-state index contributed by atoms with van der Waals surface area (Å²) >= 11 is 0. The van der Waals surface area contributed by atoms with Crippen LogP contribution in [0.25, 0.3) is 0 Å². The molecule has 0 spiro atoms. The van der Waals surface area contributed by atoms with E-state index >= 15 is 0 Å². The van der Waals surface area contributed by atoms with Crippen LogP contribution in [0.3, 0.4) is 0 Å². The van der Waals surface area contributed by atoms with Gasteiger partial charge in [0.2, 0.25) is 11.8 Å². The van der Waals surface area contributed by atoms with E-state index in [0.29, 0.717) is 50.9 Å². The Balaban J connectivity index is 1.99. The molecule has 2 aliphatic rings. The molecule has 2 saturated heterocycles. The summed E-state index contributed by atoms with van der Waals surface area (Å²) in [6, 6.07) is -0.637. The van der Waals surface area contributed by atoms with Gasteiger partial charge in [0.25, 0.3) is 0 Å². The standard InChI is InChI=1S/C23H41N3O5/c1-16(2)13-19-22(29)26(10-7-24-19)20(14-17(3)4)23(30)25-8-5-18(6-9-25)15-21(28)31-12-11-27/h16-20,24,27H,5-15H2,1-4H3/t19-,20?/m0/s1. The summed E-state index contributed by atoms with van der Waals surface area (Å²) in [6.07, 6.45) is 3.26. The van der Waals surface area contributed by atoms with Gasteiger partial charge in [-0.25, -0.2) is 0 Å². The largest absolute Gasteiger partial charge is 0.463 e. The number of hydrogen-bond donors (Lipinski definition) is 2. The number of piperidine rings is 1. The molecule has 2 aliphatic heterocycles. The predicted molar refractivity (Wildman–Crippen MR) is 118 cm³/mol. The number of aliphatic hydroxyl groups is 1. The van der Waals surface area contributed by atoms with Crippen LogP contribution in [0.5, 0.6) is 0 Å². The van der Waals surface area contributed by atoms with Gasteiger partial charge in [0, 0.05) is 32.6 Å². The topological polar surface area (TPSA) is 99.2 Å². The summed E-state index contributed by atoms with van der Waals surface area (Å²) in [5.41, 5.74) is 0. The lowest BCUT2D eigenvalue weighted by Crippen LogP contribution is -2.62. The number of piperazine rings is 1. The molecule has 2 atom stereocenters. The first-order valence-corrected chi connectivity index (χ1v) is 11.8. The molecule has 2 heterocycles. The molecule has 0 saturated carbocycles. The molecule has 2 amide bonds. The number of rotatable bonds is 10. The second kappa shape index (κ2) is 12.4. The van der Waals surface area contributed by atoms with Crippen LogP contribution in [-0.4, -0.2) is 84.2 Å². The van der Waals surface area contributed by atoms with Crippen LogP contribution in [0, 0.1) is 17.8 Å². The molecule has 0 aliphatic carbocycles. The van der Waals surface area contributed by atoms with Gasteiger partial charge in [-0.3, -0.25) is 14.4 Å². The molecule has 0 aromatic heterocycles. The number of esters is 1. The van der Waals surface area contributed by atoms with E-state index in [1.807, 2.05) is 9.80 Å².